The van der Waals surface area contributed by atoms with Gasteiger partial charge >= 0.3 is 6.18 Å². The summed E-state index contributed by atoms with van der Waals surface area (Å²) in [6.45, 7) is 1.71. The highest BCUT2D eigenvalue weighted by molar-refractivity contribution is 4.89. The molecule has 0 amide bonds. The maximum Gasteiger partial charge on any atom is 0.405 e. The van der Waals surface area contributed by atoms with Gasteiger partial charge in [0.25, 0.3) is 0 Å². The summed E-state index contributed by atoms with van der Waals surface area (Å²) in [6, 6.07) is 1.24. The van der Waals surface area contributed by atoms with Crippen LogP contribution in [0, 0.1) is 17.2 Å². The Balaban J connectivity index is 3.38. The number of methoxy groups -OCH3 is 1. The number of ether oxygens (including phenoxy) is 2. The van der Waals surface area contributed by atoms with E-state index in [4.69, 9.17) is 14.7 Å². The molecule has 4 nitrogen and oxygen atoms in total. The quantitative estimate of drug-likeness (QED) is 0.613. The van der Waals surface area contributed by atoms with Crippen LogP contribution in [-0.2, 0) is 9.47 Å². The van der Waals surface area contributed by atoms with Crippen LogP contribution in [0.25, 0.3) is 0 Å². The van der Waals surface area contributed by atoms with Crippen LogP contribution in [0.1, 0.15) is 12.8 Å². The lowest BCUT2D eigenvalue weighted by Crippen LogP contribution is -2.33. The molecule has 0 rings (SSSR count). The van der Waals surface area contributed by atoms with Gasteiger partial charge < -0.3 is 14.8 Å². The van der Waals surface area contributed by atoms with Crippen LogP contribution >= 0.6 is 0 Å². The van der Waals surface area contributed by atoms with Gasteiger partial charge in [-0.25, -0.2) is 0 Å². The van der Waals surface area contributed by atoms with Gasteiger partial charge in [0.1, 0.15) is 0 Å². The van der Waals surface area contributed by atoms with Gasteiger partial charge in [-0.15, -0.1) is 0 Å². The van der Waals surface area contributed by atoms with E-state index >= 15 is 0 Å². The van der Waals surface area contributed by atoms with Crippen LogP contribution in [0.3, 0.4) is 0 Å². The van der Waals surface area contributed by atoms with E-state index in [0.717, 1.165) is 6.42 Å². The van der Waals surface area contributed by atoms with Gasteiger partial charge in [-0.3, -0.25) is 0 Å². The summed E-state index contributed by atoms with van der Waals surface area (Å²) in [5.74, 6) is -1.93. The van der Waals surface area contributed by atoms with E-state index < -0.39 is 12.1 Å². The molecule has 0 aliphatic heterocycles. The molecule has 0 heterocycles. The summed E-state index contributed by atoms with van der Waals surface area (Å²) in [6.07, 6.45) is -2.98. The first-order valence-electron chi connectivity index (χ1n) is 5.76. The summed E-state index contributed by atoms with van der Waals surface area (Å²) in [4.78, 5) is 0. The van der Waals surface area contributed by atoms with Gasteiger partial charge in [-0.05, 0) is 19.4 Å². The fourth-order valence-corrected chi connectivity index (χ4v) is 1.18. The average molecular weight is 268 g/mol. The molecular formula is C11H19F3N2O2. The zero-order valence-corrected chi connectivity index (χ0v) is 10.4. The van der Waals surface area contributed by atoms with Crippen molar-refractivity contribution in [1.29, 1.82) is 5.26 Å². The molecule has 106 valence electrons. The molecule has 1 N–H and O–H groups in total. The fourth-order valence-electron chi connectivity index (χ4n) is 1.18. The summed E-state index contributed by atoms with van der Waals surface area (Å²) >= 11 is 0. The Bertz CT molecular complexity index is 241. The topological polar surface area (TPSA) is 54.3 Å². The van der Waals surface area contributed by atoms with Gasteiger partial charge in [0.05, 0.1) is 19.3 Å². The Labute approximate surface area is 105 Å². The van der Waals surface area contributed by atoms with Crippen molar-refractivity contribution in [2.24, 2.45) is 5.92 Å². The lowest BCUT2D eigenvalue weighted by molar-refractivity contribution is -0.157. The number of nitriles is 1. The zero-order valence-electron chi connectivity index (χ0n) is 10.4. The molecule has 0 saturated carbocycles. The van der Waals surface area contributed by atoms with E-state index in [9.17, 15) is 13.2 Å². The summed E-state index contributed by atoms with van der Waals surface area (Å²) < 4.78 is 46.5. The first-order chi connectivity index (χ1) is 8.52. The molecule has 0 bridgehead atoms. The summed E-state index contributed by atoms with van der Waals surface area (Å²) in [7, 11) is 1.58. The highest BCUT2D eigenvalue weighted by atomic mass is 19.4. The minimum Gasteiger partial charge on any atom is -0.382 e. The number of nitrogens with zero attached hydrogens (tertiary/aromatic N) is 1. The van der Waals surface area contributed by atoms with Crippen molar-refractivity contribution >= 4 is 0 Å². The highest BCUT2D eigenvalue weighted by Gasteiger charge is 2.39. The van der Waals surface area contributed by atoms with E-state index in [1.807, 2.05) is 0 Å². The van der Waals surface area contributed by atoms with E-state index in [1.165, 1.54) is 6.07 Å². The Morgan fingerprint density at radius 3 is 2.50 bits per heavy atom. The standard InChI is InChI=1S/C11H19F3N2O2/c1-17-6-7-18-5-3-2-4-16-9-10(8-15)11(12,13)14/h10,16H,2-7,9H2,1H3. The summed E-state index contributed by atoms with van der Waals surface area (Å²) in [5.41, 5.74) is 0. The minimum atomic E-state index is -4.45. The Morgan fingerprint density at radius 2 is 1.94 bits per heavy atom. The van der Waals surface area contributed by atoms with E-state index in [2.05, 4.69) is 5.32 Å². The minimum absolute atomic E-state index is 0.357. The molecule has 0 radical (unpaired) electrons. The van der Waals surface area contributed by atoms with Crippen molar-refractivity contribution < 1.29 is 22.6 Å². The third kappa shape index (κ3) is 9.22. The van der Waals surface area contributed by atoms with E-state index in [-0.39, 0.29) is 6.54 Å². The second-order valence-electron chi connectivity index (χ2n) is 3.74. The zero-order chi connectivity index (χ0) is 13.9. The van der Waals surface area contributed by atoms with Crippen LogP contribution in [0.5, 0.6) is 0 Å². The number of halogens is 3. The van der Waals surface area contributed by atoms with Crippen LogP contribution < -0.4 is 5.32 Å². The van der Waals surface area contributed by atoms with Crippen LogP contribution in [-0.4, -0.2) is 46.2 Å². The second kappa shape index (κ2) is 10.1. The normalized spacial score (nSPS) is 13.3. The average Bonchev–Trinajstić information content (AvgIpc) is 2.30. The molecule has 0 saturated heterocycles. The summed E-state index contributed by atoms with van der Waals surface area (Å²) in [5, 5.41) is 11.0. The molecule has 1 unspecified atom stereocenters. The molecule has 7 heteroatoms. The lowest BCUT2D eigenvalue weighted by atomic mass is 10.1. The van der Waals surface area contributed by atoms with Gasteiger partial charge in [-0.1, -0.05) is 0 Å². The monoisotopic (exact) mass is 268 g/mol. The van der Waals surface area contributed by atoms with Gasteiger partial charge in [0, 0.05) is 20.3 Å². The number of hydrogen-bond acceptors (Lipinski definition) is 4. The molecule has 0 aromatic carbocycles. The smallest absolute Gasteiger partial charge is 0.382 e. The Morgan fingerprint density at radius 1 is 1.22 bits per heavy atom. The molecule has 0 fully saturated rings. The Hall–Kier alpha value is -0.840. The number of hydrogen-bond donors (Lipinski definition) is 1. The number of nitrogens with one attached hydrogen (secondary N) is 1. The lowest BCUT2D eigenvalue weighted by Gasteiger charge is -2.13. The van der Waals surface area contributed by atoms with Gasteiger partial charge in [-0.2, -0.15) is 18.4 Å². The fraction of sp³-hybridized carbons (Fsp3) is 0.909. The number of unbranched alkanes of at least 4 members (excludes halogenated alkanes) is 1. The molecule has 1 atom stereocenters. The molecule has 0 aromatic rings. The van der Waals surface area contributed by atoms with Gasteiger partial charge in [0.2, 0.25) is 0 Å². The number of alkyl halides is 3. The molecule has 0 aliphatic carbocycles. The Kier molecular flexibility index (Phi) is 9.64. The molecule has 18 heavy (non-hydrogen) atoms. The molecular weight excluding hydrogens is 249 g/mol. The molecule has 0 spiro atoms. The SMILES string of the molecule is COCCOCCCCNCC(C#N)C(F)(F)F. The van der Waals surface area contributed by atoms with Crippen LogP contribution in [0.2, 0.25) is 0 Å². The second-order valence-corrected chi connectivity index (χ2v) is 3.74. The first kappa shape index (κ1) is 17.2. The predicted molar refractivity (Wildman–Crippen MR) is 60.0 cm³/mol. The maximum absolute atomic E-state index is 12.2. The predicted octanol–water partition coefficient (Wildman–Crippen LogP) is 1.72. The maximum atomic E-state index is 12.2. The third-order valence-corrected chi connectivity index (χ3v) is 2.22. The number of rotatable bonds is 10. The van der Waals surface area contributed by atoms with Crippen molar-refractivity contribution in [3.63, 3.8) is 0 Å². The highest BCUT2D eigenvalue weighted by Crippen LogP contribution is 2.24. The van der Waals surface area contributed by atoms with Crippen molar-refractivity contribution in [3.05, 3.63) is 0 Å². The molecule has 0 aliphatic rings. The van der Waals surface area contributed by atoms with Crippen LogP contribution in [0.4, 0.5) is 13.2 Å². The van der Waals surface area contributed by atoms with Crippen molar-refractivity contribution in [2.75, 3.05) is 40.0 Å². The van der Waals surface area contributed by atoms with Crippen molar-refractivity contribution in [1.82, 2.24) is 5.32 Å². The van der Waals surface area contributed by atoms with Gasteiger partial charge in [0.15, 0.2) is 5.92 Å². The van der Waals surface area contributed by atoms with E-state index in [0.29, 0.717) is 32.8 Å². The van der Waals surface area contributed by atoms with Crippen molar-refractivity contribution in [2.45, 2.75) is 19.0 Å². The third-order valence-electron chi connectivity index (χ3n) is 2.22. The molecule has 0 aromatic heterocycles. The first-order valence-corrected chi connectivity index (χ1v) is 5.76. The van der Waals surface area contributed by atoms with E-state index in [1.54, 1.807) is 7.11 Å². The van der Waals surface area contributed by atoms with Crippen LogP contribution in [0.15, 0.2) is 0 Å². The van der Waals surface area contributed by atoms with Crippen molar-refractivity contribution in [3.8, 4) is 6.07 Å². The largest absolute Gasteiger partial charge is 0.405 e.